The fraction of sp³-hybridized carbons (Fsp3) is 0.480. The average molecular weight is 486 g/mol. The number of aromatic nitrogens is 2. The molecule has 2 N–H and O–H groups in total. The largest absolute Gasteiger partial charge is 0.496 e. The van der Waals surface area contributed by atoms with Crippen LogP contribution in [0.1, 0.15) is 57.6 Å². The van der Waals surface area contributed by atoms with Crippen LogP contribution in [0.2, 0.25) is 0 Å². The molecule has 0 unspecified atom stereocenters. The summed E-state index contributed by atoms with van der Waals surface area (Å²) in [6.07, 6.45) is 1.06. The van der Waals surface area contributed by atoms with Crippen LogP contribution in [0.3, 0.4) is 0 Å². The summed E-state index contributed by atoms with van der Waals surface area (Å²) in [4.78, 5) is 34.6. The zero-order valence-electron chi connectivity index (χ0n) is 20.6. The Morgan fingerprint density at radius 1 is 1.03 bits per heavy atom. The predicted molar refractivity (Wildman–Crippen MR) is 132 cm³/mol. The van der Waals surface area contributed by atoms with Crippen molar-refractivity contribution >= 4 is 23.4 Å². The zero-order chi connectivity index (χ0) is 24.8. The van der Waals surface area contributed by atoms with E-state index in [1.54, 1.807) is 33.5 Å². The van der Waals surface area contributed by atoms with Gasteiger partial charge in [-0.05, 0) is 17.9 Å². The summed E-state index contributed by atoms with van der Waals surface area (Å²) in [5.41, 5.74) is 1.93. The Kier molecular flexibility index (Phi) is 6.42. The topological polar surface area (TPSA) is 103 Å². The maximum atomic E-state index is 13.5. The molecule has 0 saturated heterocycles. The van der Waals surface area contributed by atoms with Gasteiger partial charge in [-0.15, -0.1) is 0 Å². The van der Waals surface area contributed by atoms with E-state index in [0.29, 0.717) is 57.8 Å². The molecule has 0 radical (unpaired) electrons. The minimum Gasteiger partial charge on any atom is -0.496 e. The summed E-state index contributed by atoms with van der Waals surface area (Å²) in [7, 11) is 4.65. The molecule has 0 amide bonds. The van der Waals surface area contributed by atoms with Crippen LogP contribution in [0.15, 0.2) is 33.4 Å². The highest BCUT2D eigenvalue weighted by molar-refractivity contribution is 7.99. The number of fused-ring (bicyclic) bond motifs is 1. The number of H-pyrrole nitrogens is 1. The van der Waals surface area contributed by atoms with Gasteiger partial charge in [-0.2, -0.15) is 0 Å². The van der Waals surface area contributed by atoms with E-state index in [9.17, 15) is 9.59 Å². The Morgan fingerprint density at radius 3 is 2.29 bits per heavy atom. The van der Waals surface area contributed by atoms with E-state index in [2.05, 4.69) is 24.1 Å². The molecule has 0 bridgehead atoms. The Balaban J connectivity index is 2.01. The molecular weight excluding hydrogens is 454 g/mol. The molecule has 0 saturated carbocycles. The minimum absolute atomic E-state index is 0.00581. The van der Waals surface area contributed by atoms with Gasteiger partial charge in [0.05, 0.1) is 32.8 Å². The van der Waals surface area contributed by atoms with Gasteiger partial charge in [-0.25, -0.2) is 4.98 Å². The number of carbonyl (C=O) groups excluding carboxylic acids is 1. The Labute approximate surface area is 203 Å². The van der Waals surface area contributed by atoms with Gasteiger partial charge in [0.2, 0.25) is 0 Å². The van der Waals surface area contributed by atoms with Gasteiger partial charge in [0, 0.05) is 34.6 Å². The number of thioether (sulfide) groups is 1. The van der Waals surface area contributed by atoms with Gasteiger partial charge >= 0.3 is 0 Å². The van der Waals surface area contributed by atoms with E-state index in [1.165, 1.54) is 11.8 Å². The van der Waals surface area contributed by atoms with Crippen LogP contribution >= 0.6 is 11.8 Å². The van der Waals surface area contributed by atoms with Crippen LogP contribution in [-0.4, -0.2) is 42.3 Å². The van der Waals surface area contributed by atoms with Crippen LogP contribution in [-0.2, 0) is 4.79 Å². The fourth-order valence-corrected chi connectivity index (χ4v) is 5.50. The quantitative estimate of drug-likeness (QED) is 0.456. The molecule has 1 aromatic heterocycles. The second-order valence-corrected chi connectivity index (χ2v) is 11.2. The molecule has 2 aliphatic rings. The van der Waals surface area contributed by atoms with Crippen molar-refractivity contribution in [2.75, 3.05) is 26.6 Å². The molecule has 2 heterocycles. The SMILES string of the molecule is COc1cc(OC)c([C@@H]2C3=C(CC(C)(C)CC3=O)Nc3nc(SC(C)C)[nH]c(=O)c32)cc1OC. The van der Waals surface area contributed by atoms with Crippen molar-refractivity contribution in [3.05, 3.63) is 44.9 Å². The highest BCUT2D eigenvalue weighted by Crippen LogP contribution is 2.51. The number of nitrogens with zero attached hydrogens (tertiary/aromatic N) is 1. The summed E-state index contributed by atoms with van der Waals surface area (Å²) < 4.78 is 16.7. The summed E-state index contributed by atoms with van der Waals surface area (Å²) in [6.45, 7) is 8.22. The third kappa shape index (κ3) is 4.29. The fourth-order valence-electron chi connectivity index (χ4n) is 4.76. The van der Waals surface area contributed by atoms with Gasteiger partial charge in [0.25, 0.3) is 5.56 Å². The normalized spacial score (nSPS) is 18.8. The first-order chi connectivity index (χ1) is 16.1. The number of hydrogen-bond donors (Lipinski definition) is 2. The second-order valence-electron chi connectivity index (χ2n) is 9.64. The maximum Gasteiger partial charge on any atom is 0.257 e. The molecule has 9 heteroatoms. The lowest BCUT2D eigenvalue weighted by Crippen LogP contribution is -2.37. The van der Waals surface area contributed by atoms with Gasteiger partial charge in [-0.1, -0.05) is 39.5 Å². The molecule has 8 nitrogen and oxygen atoms in total. The van der Waals surface area contributed by atoms with Crippen LogP contribution in [0.25, 0.3) is 0 Å². The van der Waals surface area contributed by atoms with E-state index >= 15 is 0 Å². The highest BCUT2D eigenvalue weighted by atomic mass is 32.2. The molecule has 34 heavy (non-hydrogen) atoms. The maximum absolute atomic E-state index is 13.5. The average Bonchev–Trinajstić information content (AvgIpc) is 2.75. The third-order valence-corrected chi connectivity index (χ3v) is 6.98. The monoisotopic (exact) mass is 485 g/mol. The number of Topliss-reactive ketones (excluding diaryl/α,β-unsaturated/α-hetero) is 1. The Bertz CT molecular complexity index is 1230. The number of ether oxygens (including phenoxy) is 3. The zero-order valence-corrected chi connectivity index (χ0v) is 21.4. The van der Waals surface area contributed by atoms with Crippen molar-refractivity contribution in [2.24, 2.45) is 5.41 Å². The summed E-state index contributed by atoms with van der Waals surface area (Å²) >= 11 is 1.48. The lowest BCUT2D eigenvalue weighted by Gasteiger charge is -2.39. The number of ketones is 1. The van der Waals surface area contributed by atoms with Gasteiger partial charge < -0.3 is 24.5 Å². The molecule has 0 fully saturated rings. The number of nitrogens with one attached hydrogen (secondary N) is 2. The predicted octanol–water partition coefficient (Wildman–Crippen LogP) is 4.50. The summed E-state index contributed by atoms with van der Waals surface area (Å²) in [6, 6.07) is 3.50. The molecule has 1 aromatic carbocycles. The Hall–Kier alpha value is -2.94. The number of benzene rings is 1. The van der Waals surface area contributed by atoms with Gasteiger partial charge in [-0.3, -0.25) is 9.59 Å². The molecule has 0 spiro atoms. The van der Waals surface area contributed by atoms with E-state index in [-0.39, 0.29) is 22.0 Å². The lowest BCUT2D eigenvalue weighted by molar-refractivity contribution is -0.118. The number of allylic oxidation sites excluding steroid dienone is 2. The first kappa shape index (κ1) is 24.2. The van der Waals surface area contributed by atoms with Gasteiger partial charge in [0.15, 0.2) is 22.4 Å². The molecule has 182 valence electrons. The number of hydrogen-bond acceptors (Lipinski definition) is 8. The molecule has 1 aliphatic heterocycles. The number of anilines is 1. The van der Waals surface area contributed by atoms with E-state index in [4.69, 9.17) is 19.2 Å². The Morgan fingerprint density at radius 2 is 1.68 bits per heavy atom. The molecule has 1 aliphatic carbocycles. The van der Waals surface area contributed by atoms with Crippen molar-refractivity contribution in [3.8, 4) is 17.2 Å². The molecule has 1 atom stereocenters. The summed E-state index contributed by atoms with van der Waals surface area (Å²) in [5, 5.41) is 4.13. The van der Waals surface area contributed by atoms with E-state index in [1.807, 2.05) is 13.8 Å². The third-order valence-electron chi connectivity index (χ3n) is 6.09. The standard InChI is InChI=1S/C25H31N3O5S/c1-12(2)34-24-27-22-21(23(30)28-24)19(20-14(26-22)10-25(3,4)11-15(20)29)13-8-17(32-6)18(33-7)9-16(13)31-5/h8-9,12,19H,10-11H2,1-7H3,(H2,26,27,28,30)/t19-/m1/s1. The van der Waals surface area contributed by atoms with E-state index in [0.717, 1.165) is 5.70 Å². The van der Waals surface area contributed by atoms with Crippen LogP contribution < -0.4 is 25.1 Å². The van der Waals surface area contributed by atoms with Crippen LogP contribution in [0.5, 0.6) is 17.2 Å². The number of rotatable bonds is 6. The van der Waals surface area contributed by atoms with Crippen molar-refractivity contribution < 1.29 is 19.0 Å². The summed E-state index contributed by atoms with van der Waals surface area (Å²) in [5.74, 6) is 1.31. The lowest BCUT2D eigenvalue weighted by atomic mass is 9.69. The molecule has 2 aromatic rings. The number of methoxy groups -OCH3 is 3. The first-order valence-corrected chi connectivity index (χ1v) is 12.1. The van der Waals surface area contributed by atoms with Crippen molar-refractivity contribution in [1.82, 2.24) is 9.97 Å². The smallest absolute Gasteiger partial charge is 0.257 e. The second kappa shape index (κ2) is 9.02. The minimum atomic E-state index is -0.654. The van der Waals surface area contributed by atoms with Crippen molar-refractivity contribution in [1.29, 1.82) is 0 Å². The van der Waals surface area contributed by atoms with Crippen molar-refractivity contribution in [2.45, 2.75) is 56.9 Å². The van der Waals surface area contributed by atoms with Gasteiger partial charge in [0.1, 0.15) is 11.6 Å². The molecular formula is C25H31N3O5S. The molecule has 4 rings (SSSR count). The number of carbonyl (C=O) groups is 1. The van der Waals surface area contributed by atoms with Crippen molar-refractivity contribution in [3.63, 3.8) is 0 Å². The van der Waals surface area contributed by atoms with E-state index < -0.39 is 5.92 Å². The first-order valence-electron chi connectivity index (χ1n) is 11.2. The highest BCUT2D eigenvalue weighted by Gasteiger charge is 2.43. The number of aromatic amines is 1. The van der Waals surface area contributed by atoms with Crippen LogP contribution in [0.4, 0.5) is 5.82 Å². The van der Waals surface area contributed by atoms with Crippen LogP contribution in [0, 0.1) is 5.41 Å².